The first-order valence-electron chi connectivity index (χ1n) is 9.28. The fourth-order valence-corrected chi connectivity index (χ4v) is 2.95. The van der Waals surface area contributed by atoms with Crippen molar-refractivity contribution in [2.75, 3.05) is 98.4 Å². The second-order valence-corrected chi connectivity index (χ2v) is 6.29. The molecule has 0 aromatic carbocycles. The first-order chi connectivity index (χ1) is 11.9. The van der Waals surface area contributed by atoms with Crippen molar-refractivity contribution >= 4 is 0 Å². The summed E-state index contributed by atoms with van der Waals surface area (Å²) in [5.41, 5.74) is 0. The van der Waals surface area contributed by atoms with Crippen LogP contribution in [-0.4, -0.2) is 120 Å². The molecule has 1 unspecified atom stereocenters. The van der Waals surface area contributed by atoms with E-state index >= 15 is 0 Å². The predicted molar refractivity (Wildman–Crippen MR) is 94.3 cm³/mol. The predicted octanol–water partition coefficient (Wildman–Crippen LogP) is -2.26. The number of nitrogens with zero attached hydrogens (tertiary/aromatic N) is 2. The Hall–Kier alpha value is -0.320. The van der Waals surface area contributed by atoms with Gasteiger partial charge >= 0.3 is 0 Å². The van der Waals surface area contributed by atoms with Gasteiger partial charge in [-0.15, -0.1) is 0 Å². The van der Waals surface area contributed by atoms with Gasteiger partial charge < -0.3 is 25.2 Å². The molecule has 2 aliphatic rings. The normalized spacial score (nSPS) is 21.9. The topological polar surface area (TPSA) is 81.3 Å². The number of morpholine rings is 1. The Morgan fingerprint density at radius 2 is 1.71 bits per heavy atom. The maximum Gasteiger partial charge on any atom is 0.131 e. The van der Waals surface area contributed by atoms with E-state index in [9.17, 15) is 5.11 Å². The highest BCUT2D eigenvalue weighted by atomic mass is 16.5. The van der Waals surface area contributed by atoms with Crippen LogP contribution >= 0.6 is 0 Å². The first-order valence-corrected chi connectivity index (χ1v) is 9.28. The van der Waals surface area contributed by atoms with Crippen molar-refractivity contribution in [3.8, 4) is 0 Å². The molecule has 142 valence electrons. The molecule has 0 radical (unpaired) electrons. The summed E-state index contributed by atoms with van der Waals surface area (Å²) < 4.78 is 11.0. The van der Waals surface area contributed by atoms with Crippen LogP contribution in [0.1, 0.15) is 0 Å². The monoisotopic (exact) mass is 345 g/mol. The molecule has 4 N–H and O–H groups in total. The molecule has 2 aliphatic heterocycles. The number of aliphatic hydroxyl groups is 1. The van der Waals surface area contributed by atoms with E-state index in [-0.39, 0.29) is 12.8 Å². The summed E-state index contributed by atoms with van der Waals surface area (Å²) in [6.07, 6.45) is -0.277. The molecule has 1 atom stereocenters. The average molecular weight is 345 g/mol. The third-order valence-electron chi connectivity index (χ3n) is 4.48. The van der Waals surface area contributed by atoms with Gasteiger partial charge in [0, 0.05) is 72.0 Å². The minimum Gasteiger partial charge on any atom is -0.392 e. The lowest BCUT2D eigenvalue weighted by molar-refractivity contribution is -0.0104. The molecule has 0 amide bonds. The molecule has 0 spiro atoms. The van der Waals surface area contributed by atoms with Gasteiger partial charge in [0.2, 0.25) is 0 Å². The van der Waals surface area contributed by atoms with Crippen molar-refractivity contribution < 1.29 is 14.6 Å². The maximum absolute atomic E-state index is 9.38. The molecule has 0 aromatic heterocycles. The Morgan fingerprint density at radius 3 is 2.46 bits per heavy atom. The molecule has 8 nitrogen and oxygen atoms in total. The molecule has 2 saturated heterocycles. The molecule has 0 saturated carbocycles. The third kappa shape index (κ3) is 8.68. The molecule has 24 heavy (non-hydrogen) atoms. The zero-order valence-corrected chi connectivity index (χ0v) is 14.8. The molecule has 0 aliphatic carbocycles. The van der Waals surface area contributed by atoms with Crippen LogP contribution in [0.25, 0.3) is 0 Å². The Morgan fingerprint density at radius 1 is 1.00 bits per heavy atom. The van der Waals surface area contributed by atoms with Crippen molar-refractivity contribution in [1.29, 1.82) is 0 Å². The van der Waals surface area contributed by atoms with E-state index in [0.29, 0.717) is 6.61 Å². The van der Waals surface area contributed by atoms with Crippen molar-refractivity contribution in [3.05, 3.63) is 0 Å². The molecule has 2 heterocycles. The third-order valence-corrected chi connectivity index (χ3v) is 4.48. The molecular weight excluding hydrogens is 310 g/mol. The summed E-state index contributed by atoms with van der Waals surface area (Å²) in [4.78, 5) is 4.83. The van der Waals surface area contributed by atoms with Crippen LogP contribution in [-0.2, 0) is 9.47 Å². The highest BCUT2D eigenvalue weighted by Crippen LogP contribution is 1.95. The summed E-state index contributed by atoms with van der Waals surface area (Å²) in [5, 5.41) is 19.4. The first kappa shape index (κ1) is 20.0. The summed E-state index contributed by atoms with van der Waals surface area (Å²) in [6.45, 7) is 13.4. The quantitative estimate of drug-likeness (QED) is 0.233. The van der Waals surface area contributed by atoms with E-state index in [1.54, 1.807) is 0 Å². The zero-order valence-electron chi connectivity index (χ0n) is 14.8. The smallest absolute Gasteiger partial charge is 0.131 e. The van der Waals surface area contributed by atoms with E-state index in [2.05, 4.69) is 25.8 Å². The molecule has 8 heteroatoms. The number of hydrogen-bond acceptors (Lipinski definition) is 8. The largest absolute Gasteiger partial charge is 0.392 e. The van der Waals surface area contributed by atoms with Gasteiger partial charge in [-0.3, -0.25) is 15.1 Å². The standard InChI is InChI=1S/C16H35N5O3/c22-15-16(19-4-9-21-10-13-23-14-11-21)24-12-5-18-3-8-20-6-1-17-2-7-20/h16-19,22H,1-15H2. The van der Waals surface area contributed by atoms with Gasteiger partial charge in [0.15, 0.2) is 0 Å². The minimum atomic E-state index is -0.277. The van der Waals surface area contributed by atoms with E-state index in [1.165, 1.54) is 0 Å². The van der Waals surface area contributed by atoms with Crippen LogP contribution in [0.5, 0.6) is 0 Å². The van der Waals surface area contributed by atoms with Crippen molar-refractivity contribution in [2.45, 2.75) is 6.23 Å². The summed E-state index contributed by atoms with van der Waals surface area (Å²) in [5.74, 6) is 0. The number of hydrogen-bond donors (Lipinski definition) is 4. The SMILES string of the molecule is OCC(NCCN1CCOCC1)OCCNCCN1CCNCC1. The summed E-state index contributed by atoms with van der Waals surface area (Å²) in [6, 6.07) is 0. The molecule has 2 rings (SSSR count). The van der Waals surface area contributed by atoms with Gasteiger partial charge in [0.1, 0.15) is 6.23 Å². The van der Waals surface area contributed by atoms with Crippen molar-refractivity contribution in [3.63, 3.8) is 0 Å². The fraction of sp³-hybridized carbons (Fsp3) is 1.00. The van der Waals surface area contributed by atoms with Crippen LogP contribution in [0.15, 0.2) is 0 Å². The van der Waals surface area contributed by atoms with E-state index in [1.807, 2.05) is 0 Å². The fourth-order valence-electron chi connectivity index (χ4n) is 2.95. The van der Waals surface area contributed by atoms with Gasteiger partial charge in [-0.2, -0.15) is 0 Å². The molecule has 0 bridgehead atoms. The van der Waals surface area contributed by atoms with Crippen molar-refractivity contribution in [1.82, 2.24) is 25.8 Å². The highest BCUT2D eigenvalue weighted by molar-refractivity contribution is 4.68. The van der Waals surface area contributed by atoms with E-state index < -0.39 is 0 Å². The summed E-state index contributed by atoms with van der Waals surface area (Å²) in [7, 11) is 0. The Labute approximate surface area is 145 Å². The number of piperazine rings is 1. The molecule has 0 aromatic rings. The van der Waals surface area contributed by atoms with Crippen LogP contribution < -0.4 is 16.0 Å². The Balaban J connectivity index is 1.41. The minimum absolute atomic E-state index is 0.00386. The van der Waals surface area contributed by atoms with Gasteiger partial charge in [-0.1, -0.05) is 0 Å². The Kier molecular flexibility index (Phi) is 10.8. The lowest BCUT2D eigenvalue weighted by atomic mass is 10.3. The number of rotatable bonds is 12. The lowest BCUT2D eigenvalue weighted by Crippen LogP contribution is -2.46. The van der Waals surface area contributed by atoms with Gasteiger partial charge in [-0.05, 0) is 0 Å². The number of nitrogens with one attached hydrogen (secondary N) is 3. The second-order valence-electron chi connectivity index (χ2n) is 6.29. The van der Waals surface area contributed by atoms with Crippen LogP contribution in [0.2, 0.25) is 0 Å². The van der Waals surface area contributed by atoms with E-state index in [4.69, 9.17) is 9.47 Å². The zero-order chi connectivity index (χ0) is 16.9. The van der Waals surface area contributed by atoms with E-state index in [0.717, 1.165) is 85.2 Å². The molecule has 2 fully saturated rings. The van der Waals surface area contributed by atoms with Crippen LogP contribution in [0, 0.1) is 0 Å². The van der Waals surface area contributed by atoms with Crippen LogP contribution in [0.3, 0.4) is 0 Å². The molecular formula is C16H35N5O3. The maximum atomic E-state index is 9.38. The summed E-state index contributed by atoms with van der Waals surface area (Å²) >= 11 is 0. The number of aliphatic hydroxyl groups excluding tert-OH is 1. The van der Waals surface area contributed by atoms with Crippen LogP contribution in [0.4, 0.5) is 0 Å². The van der Waals surface area contributed by atoms with Gasteiger partial charge in [0.25, 0.3) is 0 Å². The number of ether oxygens (including phenoxy) is 2. The average Bonchev–Trinajstić information content (AvgIpc) is 2.64. The van der Waals surface area contributed by atoms with Gasteiger partial charge in [0.05, 0.1) is 26.4 Å². The van der Waals surface area contributed by atoms with Gasteiger partial charge in [-0.25, -0.2) is 0 Å². The highest BCUT2D eigenvalue weighted by Gasteiger charge is 2.12. The second kappa shape index (κ2) is 13.0. The lowest BCUT2D eigenvalue weighted by Gasteiger charge is -2.27. The Bertz CT molecular complexity index is 299. The van der Waals surface area contributed by atoms with Crippen molar-refractivity contribution in [2.24, 2.45) is 0 Å².